The van der Waals surface area contributed by atoms with Gasteiger partial charge in [-0.15, -0.1) is 0 Å². The highest BCUT2D eigenvalue weighted by atomic mass is 16.5. The fourth-order valence-electron chi connectivity index (χ4n) is 1.27. The Balaban J connectivity index is 0. The molecule has 2 N–H and O–H groups in total. The molecule has 0 spiro atoms. The average Bonchev–Trinajstić information content (AvgIpc) is 2.61. The van der Waals surface area contributed by atoms with Crippen LogP contribution in [0.25, 0.3) is 0 Å². The summed E-state index contributed by atoms with van der Waals surface area (Å²) in [7, 11) is 1.64. The summed E-state index contributed by atoms with van der Waals surface area (Å²) in [6, 6.07) is 0. The van der Waals surface area contributed by atoms with Crippen LogP contribution < -0.4 is 0 Å². The van der Waals surface area contributed by atoms with E-state index in [1.54, 1.807) is 7.11 Å². The van der Waals surface area contributed by atoms with Crippen molar-refractivity contribution >= 4 is 0 Å². The third-order valence-electron chi connectivity index (χ3n) is 2.90. The molecule has 24 heavy (non-hydrogen) atoms. The number of methoxy groups -OCH3 is 1. The molecule has 0 heterocycles. The predicted molar refractivity (Wildman–Crippen MR) is 93.4 cm³/mol. The summed E-state index contributed by atoms with van der Waals surface area (Å²) in [4.78, 5) is 0. The number of aliphatic hydroxyl groups excluding tert-OH is 2. The van der Waals surface area contributed by atoms with E-state index in [-0.39, 0.29) is 25.4 Å². The Hall–Kier alpha value is -0.280. The highest BCUT2D eigenvalue weighted by Crippen LogP contribution is 1.93. The second kappa shape index (κ2) is 22.7. The molecule has 0 saturated heterocycles. The second-order valence-electron chi connectivity index (χ2n) is 5.29. The van der Waals surface area contributed by atoms with Crippen molar-refractivity contribution in [1.29, 1.82) is 0 Å². The molecule has 7 heteroatoms. The molecule has 0 aromatic carbocycles. The van der Waals surface area contributed by atoms with E-state index in [2.05, 4.69) is 6.92 Å². The molecule has 2 atom stereocenters. The Labute approximate surface area is 147 Å². The number of unbranched alkanes of at least 4 members (excludes halogenated alkanes) is 1. The number of ether oxygens (including phenoxy) is 5. The predicted octanol–water partition coefficient (Wildman–Crippen LogP) is 1.25. The maximum absolute atomic E-state index is 8.55. The van der Waals surface area contributed by atoms with Crippen molar-refractivity contribution in [3.63, 3.8) is 0 Å². The molecular weight excluding hydrogens is 316 g/mol. The van der Waals surface area contributed by atoms with Crippen molar-refractivity contribution in [2.45, 2.75) is 45.8 Å². The van der Waals surface area contributed by atoms with Gasteiger partial charge in [-0.25, -0.2) is 0 Å². The first-order valence-corrected chi connectivity index (χ1v) is 8.71. The van der Waals surface area contributed by atoms with E-state index in [1.165, 1.54) is 0 Å². The zero-order valence-corrected chi connectivity index (χ0v) is 15.9. The Morgan fingerprint density at radius 2 is 1.33 bits per heavy atom. The van der Waals surface area contributed by atoms with Gasteiger partial charge in [0.05, 0.1) is 65.1 Å². The van der Waals surface area contributed by atoms with Crippen molar-refractivity contribution in [1.82, 2.24) is 0 Å². The smallest absolute Gasteiger partial charge is 0.0779 e. The lowest BCUT2D eigenvalue weighted by atomic mass is 10.4. The Morgan fingerprint density at radius 3 is 1.79 bits per heavy atom. The van der Waals surface area contributed by atoms with Crippen LogP contribution in [0.4, 0.5) is 0 Å². The van der Waals surface area contributed by atoms with E-state index in [1.807, 2.05) is 13.8 Å². The molecule has 0 aliphatic heterocycles. The number of hydrogen-bond acceptors (Lipinski definition) is 7. The second-order valence-corrected chi connectivity index (χ2v) is 5.29. The van der Waals surface area contributed by atoms with E-state index >= 15 is 0 Å². The van der Waals surface area contributed by atoms with Crippen LogP contribution in [0.15, 0.2) is 0 Å². The Kier molecular flexibility index (Phi) is 24.6. The van der Waals surface area contributed by atoms with Crippen molar-refractivity contribution < 1.29 is 33.9 Å². The van der Waals surface area contributed by atoms with Crippen LogP contribution >= 0.6 is 0 Å². The van der Waals surface area contributed by atoms with E-state index < -0.39 is 0 Å². The van der Waals surface area contributed by atoms with Crippen LogP contribution in [-0.4, -0.2) is 89.0 Å². The zero-order chi connectivity index (χ0) is 18.5. The quantitative estimate of drug-likeness (QED) is 0.403. The number of rotatable bonds is 16. The van der Waals surface area contributed by atoms with Gasteiger partial charge in [-0.3, -0.25) is 0 Å². The first-order chi connectivity index (χ1) is 11.6. The molecule has 0 aromatic rings. The van der Waals surface area contributed by atoms with Crippen LogP contribution in [0.2, 0.25) is 0 Å². The van der Waals surface area contributed by atoms with Crippen LogP contribution in [0, 0.1) is 0 Å². The summed E-state index contributed by atoms with van der Waals surface area (Å²) in [6.45, 7) is 10.1. The molecule has 148 valence electrons. The van der Waals surface area contributed by atoms with Gasteiger partial charge in [0.2, 0.25) is 0 Å². The minimum Gasteiger partial charge on any atom is -0.394 e. The Morgan fingerprint density at radius 1 is 0.792 bits per heavy atom. The van der Waals surface area contributed by atoms with Crippen molar-refractivity contribution in [3.05, 3.63) is 0 Å². The standard InChI is InChI=1S/C10H22O4.C7H16O3/c1-2-3-5-12-7-9-14-10-8-13-6-4-11;1-6(4-8)10-5-7(2)9-3/h11H,2-10H2,1H3;6-8H,4-5H2,1-3H3. The van der Waals surface area contributed by atoms with Crippen LogP contribution in [-0.2, 0) is 23.7 Å². The molecule has 0 radical (unpaired) electrons. The van der Waals surface area contributed by atoms with Gasteiger partial charge < -0.3 is 33.9 Å². The molecule has 0 fully saturated rings. The largest absolute Gasteiger partial charge is 0.394 e. The SMILES string of the molecule is CCCCOCCOCCOCCO.COC(C)COC(C)CO. The molecule has 0 bridgehead atoms. The lowest BCUT2D eigenvalue weighted by Crippen LogP contribution is -2.21. The van der Waals surface area contributed by atoms with Gasteiger partial charge in [0, 0.05) is 13.7 Å². The molecule has 0 aliphatic carbocycles. The highest BCUT2D eigenvalue weighted by molar-refractivity contribution is 4.49. The fraction of sp³-hybridized carbons (Fsp3) is 1.00. The highest BCUT2D eigenvalue weighted by Gasteiger charge is 2.03. The summed E-state index contributed by atoms with van der Waals surface area (Å²) in [5, 5.41) is 17.0. The summed E-state index contributed by atoms with van der Waals surface area (Å²) in [5.74, 6) is 0. The molecule has 0 saturated carbocycles. The van der Waals surface area contributed by atoms with Crippen molar-refractivity contribution in [2.75, 3.05) is 66.6 Å². The summed E-state index contributed by atoms with van der Waals surface area (Å²) in [5.41, 5.74) is 0. The third kappa shape index (κ3) is 24.0. The average molecular weight is 354 g/mol. The number of hydrogen-bond donors (Lipinski definition) is 2. The van der Waals surface area contributed by atoms with Gasteiger partial charge in [-0.05, 0) is 20.3 Å². The van der Waals surface area contributed by atoms with E-state index in [0.717, 1.165) is 19.4 Å². The monoisotopic (exact) mass is 354 g/mol. The van der Waals surface area contributed by atoms with Crippen LogP contribution in [0.5, 0.6) is 0 Å². The summed E-state index contributed by atoms with van der Waals surface area (Å²) in [6.07, 6.45) is 2.29. The molecule has 0 aromatic heterocycles. The van der Waals surface area contributed by atoms with E-state index in [0.29, 0.717) is 39.6 Å². The van der Waals surface area contributed by atoms with Gasteiger partial charge in [0.25, 0.3) is 0 Å². The fourth-order valence-corrected chi connectivity index (χ4v) is 1.27. The van der Waals surface area contributed by atoms with E-state index in [4.69, 9.17) is 33.9 Å². The Bertz CT molecular complexity index is 195. The van der Waals surface area contributed by atoms with E-state index in [9.17, 15) is 0 Å². The molecule has 0 amide bonds. The third-order valence-corrected chi connectivity index (χ3v) is 2.90. The lowest BCUT2D eigenvalue weighted by molar-refractivity contribution is -0.0313. The normalized spacial score (nSPS) is 13.2. The maximum Gasteiger partial charge on any atom is 0.0779 e. The van der Waals surface area contributed by atoms with Gasteiger partial charge in [-0.2, -0.15) is 0 Å². The molecule has 7 nitrogen and oxygen atoms in total. The van der Waals surface area contributed by atoms with Gasteiger partial charge >= 0.3 is 0 Å². The molecule has 0 rings (SSSR count). The first kappa shape index (κ1) is 26.0. The summed E-state index contributed by atoms with van der Waals surface area (Å²) >= 11 is 0. The molecular formula is C17H38O7. The number of aliphatic hydroxyl groups is 2. The molecule has 2 unspecified atom stereocenters. The van der Waals surface area contributed by atoms with Crippen LogP contribution in [0.1, 0.15) is 33.6 Å². The van der Waals surface area contributed by atoms with Gasteiger partial charge in [0.1, 0.15) is 0 Å². The minimum absolute atomic E-state index is 0.0659. The topological polar surface area (TPSA) is 86.6 Å². The first-order valence-electron chi connectivity index (χ1n) is 8.71. The minimum atomic E-state index is -0.0856. The maximum atomic E-state index is 8.55. The summed E-state index contributed by atoms with van der Waals surface area (Å²) < 4.78 is 25.6. The van der Waals surface area contributed by atoms with Crippen LogP contribution in [0.3, 0.4) is 0 Å². The van der Waals surface area contributed by atoms with Gasteiger partial charge in [0.15, 0.2) is 0 Å². The zero-order valence-electron chi connectivity index (χ0n) is 15.9. The van der Waals surface area contributed by atoms with Crippen molar-refractivity contribution in [2.24, 2.45) is 0 Å². The van der Waals surface area contributed by atoms with Gasteiger partial charge in [-0.1, -0.05) is 13.3 Å². The molecule has 0 aliphatic rings. The van der Waals surface area contributed by atoms with Crippen molar-refractivity contribution in [3.8, 4) is 0 Å². The lowest BCUT2D eigenvalue weighted by Gasteiger charge is -2.13.